The average molecular weight is 376 g/mol. The number of ether oxygens (including phenoxy) is 2. The van der Waals surface area contributed by atoms with Crippen LogP contribution in [-0.2, 0) is 19.1 Å². The second-order valence-electron chi connectivity index (χ2n) is 5.45. The van der Waals surface area contributed by atoms with Crippen LogP contribution < -0.4 is 5.32 Å². The lowest BCUT2D eigenvalue weighted by molar-refractivity contribution is -0.145. The van der Waals surface area contributed by atoms with Gasteiger partial charge in [-0.15, -0.1) is 0 Å². The van der Waals surface area contributed by atoms with Gasteiger partial charge in [-0.05, 0) is 24.5 Å². The van der Waals surface area contributed by atoms with E-state index in [2.05, 4.69) is 10.1 Å². The smallest absolute Gasteiger partial charge is 0.341 e. The molecular formula is C16H19Cl2NO5. The van der Waals surface area contributed by atoms with E-state index in [1.165, 1.54) is 19.2 Å². The predicted octanol–water partition coefficient (Wildman–Crippen LogP) is 2.85. The number of nitrogens with one attached hydrogen (secondary N) is 1. The molecule has 0 saturated carbocycles. The van der Waals surface area contributed by atoms with Crippen molar-refractivity contribution in [3.8, 4) is 0 Å². The first-order chi connectivity index (χ1) is 11.3. The van der Waals surface area contributed by atoms with Gasteiger partial charge in [0.05, 0.1) is 22.7 Å². The van der Waals surface area contributed by atoms with E-state index in [1.807, 2.05) is 13.8 Å². The van der Waals surface area contributed by atoms with Crippen LogP contribution in [-0.4, -0.2) is 37.6 Å². The van der Waals surface area contributed by atoms with Gasteiger partial charge in [0.1, 0.15) is 6.04 Å². The number of carbonyl (C=O) groups is 3. The maximum atomic E-state index is 12.0. The van der Waals surface area contributed by atoms with Crippen LogP contribution in [0.4, 0.5) is 0 Å². The van der Waals surface area contributed by atoms with Gasteiger partial charge in [0, 0.05) is 0 Å². The molecule has 1 atom stereocenters. The number of esters is 2. The minimum atomic E-state index is -0.820. The van der Waals surface area contributed by atoms with Crippen LogP contribution >= 0.6 is 23.2 Å². The highest BCUT2D eigenvalue weighted by Gasteiger charge is 2.24. The topological polar surface area (TPSA) is 81.7 Å². The number of carbonyl (C=O) groups excluding carboxylic acids is 3. The van der Waals surface area contributed by atoms with E-state index in [0.29, 0.717) is 6.42 Å². The third kappa shape index (κ3) is 6.02. The predicted molar refractivity (Wildman–Crippen MR) is 90.1 cm³/mol. The van der Waals surface area contributed by atoms with E-state index in [-0.39, 0.29) is 21.5 Å². The molecule has 1 rings (SSSR count). The Morgan fingerprint density at radius 3 is 2.25 bits per heavy atom. The molecule has 0 unspecified atom stereocenters. The highest BCUT2D eigenvalue weighted by atomic mass is 35.5. The van der Waals surface area contributed by atoms with Crippen molar-refractivity contribution in [1.82, 2.24) is 5.32 Å². The second-order valence-corrected chi connectivity index (χ2v) is 6.26. The molecule has 1 aromatic carbocycles. The van der Waals surface area contributed by atoms with E-state index in [0.717, 1.165) is 0 Å². The highest BCUT2D eigenvalue weighted by molar-refractivity contribution is 6.39. The summed E-state index contributed by atoms with van der Waals surface area (Å²) in [5.41, 5.74) is -0.0136. The fraction of sp³-hybridized carbons (Fsp3) is 0.438. The second kappa shape index (κ2) is 9.49. The monoisotopic (exact) mass is 375 g/mol. The van der Waals surface area contributed by atoms with Crippen molar-refractivity contribution >= 4 is 41.0 Å². The number of methoxy groups -OCH3 is 1. The quantitative estimate of drug-likeness (QED) is 0.740. The van der Waals surface area contributed by atoms with Crippen LogP contribution in [0, 0.1) is 5.92 Å². The zero-order chi connectivity index (χ0) is 18.3. The number of benzene rings is 1. The summed E-state index contributed by atoms with van der Waals surface area (Å²) in [5.74, 6) is -1.83. The van der Waals surface area contributed by atoms with Gasteiger partial charge in [-0.3, -0.25) is 4.79 Å². The fourth-order valence-corrected chi connectivity index (χ4v) is 2.51. The lowest BCUT2D eigenvalue weighted by Crippen LogP contribution is -2.44. The first-order valence-corrected chi connectivity index (χ1v) is 8.00. The lowest BCUT2D eigenvalue weighted by Gasteiger charge is -2.18. The van der Waals surface area contributed by atoms with Crippen LogP contribution in [0.3, 0.4) is 0 Å². The lowest BCUT2D eigenvalue weighted by atomic mass is 10.0. The van der Waals surface area contributed by atoms with Crippen LogP contribution in [0.5, 0.6) is 0 Å². The summed E-state index contributed by atoms with van der Waals surface area (Å²) in [4.78, 5) is 35.5. The van der Waals surface area contributed by atoms with E-state index in [4.69, 9.17) is 27.9 Å². The van der Waals surface area contributed by atoms with Gasteiger partial charge in [-0.2, -0.15) is 0 Å². The third-order valence-electron chi connectivity index (χ3n) is 3.03. The van der Waals surface area contributed by atoms with Crippen molar-refractivity contribution < 1.29 is 23.9 Å². The van der Waals surface area contributed by atoms with Gasteiger partial charge in [-0.25, -0.2) is 9.59 Å². The van der Waals surface area contributed by atoms with Gasteiger partial charge in [-0.1, -0.05) is 43.1 Å². The first-order valence-electron chi connectivity index (χ1n) is 7.24. The molecule has 132 valence electrons. The number of hydrogen-bond acceptors (Lipinski definition) is 5. The van der Waals surface area contributed by atoms with E-state index >= 15 is 0 Å². The Balaban J connectivity index is 2.64. The number of halogens is 2. The molecule has 0 aliphatic carbocycles. The molecule has 1 amide bonds. The van der Waals surface area contributed by atoms with Crippen molar-refractivity contribution in [3.63, 3.8) is 0 Å². The zero-order valence-electron chi connectivity index (χ0n) is 13.6. The Hall–Kier alpha value is -1.79. The van der Waals surface area contributed by atoms with Crippen LogP contribution in [0.1, 0.15) is 30.6 Å². The average Bonchev–Trinajstić information content (AvgIpc) is 2.50. The van der Waals surface area contributed by atoms with Gasteiger partial charge < -0.3 is 14.8 Å². The summed E-state index contributed by atoms with van der Waals surface area (Å²) < 4.78 is 9.54. The van der Waals surface area contributed by atoms with Crippen molar-refractivity contribution in [2.75, 3.05) is 13.7 Å². The Morgan fingerprint density at radius 2 is 1.75 bits per heavy atom. The van der Waals surface area contributed by atoms with E-state index in [9.17, 15) is 14.4 Å². The fourth-order valence-electron chi connectivity index (χ4n) is 1.96. The molecule has 1 N–H and O–H groups in total. The Kier molecular flexibility index (Phi) is 8.01. The molecule has 0 aliphatic heterocycles. The summed E-state index contributed by atoms with van der Waals surface area (Å²) in [5, 5.41) is 2.73. The third-order valence-corrected chi connectivity index (χ3v) is 3.66. The van der Waals surface area contributed by atoms with Gasteiger partial charge >= 0.3 is 11.9 Å². The molecule has 0 aromatic heterocycles. The summed E-state index contributed by atoms with van der Waals surface area (Å²) in [6.07, 6.45) is 0.405. The molecule has 0 heterocycles. The van der Waals surface area contributed by atoms with Crippen molar-refractivity contribution in [2.45, 2.75) is 26.3 Å². The number of amides is 1. The highest BCUT2D eigenvalue weighted by Crippen LogP contribution is 2.24. The number of rotatable bonds is 7. The van der Waals surface area contributed by atoms with E-state index < -0.39 is 30.5 Å². The van der Waals surface area contributed by atoms with Crippen LogP contribution in [0.15, 0.2) is 18.2 Å². The van der Waals surface area contributed by atoms with Gasteiger partial charge in [0.15, 0.2) is 6.61 Å². The Morgan fingerprint density at radius 1 is 1.17 bits per heavy atom. The zero-order valence-corrected chi connectivity index (χ0v) is 15.1. The standard InChI is InChI=1S/C16H19Cl2NO5/c1-9(2)7-12(15(21)23-3)19-13(20)8-24-16(22)14-10(17)5-4-6-11(14)18/h4-6,9,12H,7-8H2,1-3H3,(H,19,20)/t12-/m0/s1. The first kappa shape index (κ1) is 20.3. The molecule has 0 aliphatic rings. The Labute approximate surface area is 150 Å². The molecule has 24 heavy (non-hydrogen) atoms. The van der Waals surface area contributed by atoms with Crippen molar-refractivity contribution in [3.05, 3.63) is 33.8 Å². The summed E-state index contributed by atoms with van der Waals surface area (Å²) >= 11 is 11.8. The normalized spacial score (nSPS) is 11.8. The molecule has 8 heteroatoms. The molecule has 6 nitrogen and oxygen atoms in total. The van der Waals surface area contributed by atoms with Crippen LogP contribution in [0.2, 0.25) is 10.0 Å². The molecule has 0 radical (unpaired) electrons. The van der Waals surface area contributed by atoms with Crippen LogP contribution in [0.25, 0.3) is 0 Å². The van der Waals surface area contributed by atoms with Gasteiger partial charge in [0.2, 0.25) is 0 Å². The summed E-state index contributed by atoms with van der Waals surface area (Å²) in [7, 11) is 1.24. The minimum Gasteiger partial charge on any atom is -0.467 e. The van der Waals surface area contributed by atoms with Crippen molar-refractivity contribution in [2.24, 2.45) is 5.92 Å². The SMILES string of the molecule is COC(=O)[C@H](CC(C)C)NC(=O)COC(=O)c1c(Cl)cccc1Cl. The minimum absolute atomic E-state index is 0.0136. The maximum absolute atomic E-state index is 12.0. The maximum Gasteiger partial charge on any atom is 0.341 e. The molecule has 1 aromatic rings. The largest absolute Gasteiger partial charge is 0.467 e. The molecule has 0 spiro atoms. The molecular weight excluding hydrogens is 357 g/mol. The molecule has 0 saturated heterocycles. The Bertz CT molecular complexity index is 598. The summed E-state index contributed by atoms with van der Waals surface area (Å²) in [6, 6.07) is 3.76. The van der Waals surface area contributed by atoms with Gasteiger partial charge in [0.25, 0.3) is 5.91 Å². The molecule has 0 fully saturated rings. The molecule has 0 bridgehead atoms. The van der Waals surface area contributed by atoms with Crippen molar-refractivity contribution in [1.29, 1.82) is 0 Å². The van der Waals surface area contributed by atoms with E-state index in [1.54, 1.807) is 6.07 Å². The number of hydrogen-bond donors (Lipinski definition) is 1. The summed E-state index contributed by atoms with van der Waals surface area (Å²) in [6.45, 7) is 3.25.